The Hall–Kier alpha value is -1.52. The standard InChI is InChI=1S/C14H24N4O/c1-3-10-4-6-11(7-5-10)8-16-14-12(19-2)13(15)17-9-18-14/h9-11H,3-8H2,1-2H3,(H3,15,16,17,18). The summed E-state index contributed by atoms with van der Waals surface area (Å²) in [6.45, 7) is 3.22. The third-order valence-electron chi connectivity index (χ3n) is 4.14. The fourth-order valence-electron chi connectivity index (χ4n) is 2.80. The van der Waals surface area contributed by atoms with Crippen LogP contribution in [-0.2, 0) is 0 Å². The van der Waals surface area contributed by atoms with Crippen molar-refractivity contribution < 1.29 is 4.74 Å². The lowest BCUT2D eigenvalue weighted by molar-refractivity contribution is 0.278. The summed E-state index contributed by atoms with van der Waals surface area (Å²) in [5, 5.41) is 3.35. The molecule has 0 bridgehead atoms. The first-order chi connectivity index (χ1) is 9.24. The molecule has 1 aliphatic rings. The lowest BCUT2D eigenvalue weighted by atomic mass is 9.81. The van der Waals surface area contributed by atoms with Gasteiger partial charge in [-0.3, -0.25) is 0 Å². The zero-order valence-electron chi connectivity index (χ0n) is 11.9. The quantitative estimate of drug-likeness (QED) is 0.855. The van der Waals surface area contributed by atoms with E-state index in [1.54, 1.807) is 7.11 Å². The predicted molar refractivity (Wildman–Crippen MR) is 77.2 cm³/mol. The van der Waals surface area contributed by atoms with Gasteiger partial charge in [-0.05, 0) is 24.7 Å². The van der Waals surface area contributed by atoms with Crippen LogP contribution in [-0.4, -0.2) is 23.6 Å². The Bertz CT molecular complexity index is 402. The van der Waals surface area contributed by atoms with Gasteiger partial charge >= 0.3 is 0 Å². The highest BCUT2D eigenvalue weighted by atomic mass is 16.5. The lowest BCUT2D eigenvalue weighted by Gasteiger charge is -2.28. The monoisotopic (exact) mass is 264 g/mol. The van der Waals surface area contributed by atoms with Crippen molar-refractivity contribution >= 4 is 11.6 Å². The summed E-state index contributed by atoms with van der Waals surface area (Å²) in [7, 11) is 1.59. The summed E-state index contributed by atoms with van der Waals surface area (Å²) >= 11 is 0. The minimum Gasteiger partial charge on any atom is -0.490 e. The van der Waals surface area contributed by atoms with Gasteiger partial charge in [-0.25, -0.2) is 9.97 Å². The van der Waals surface area contributed by atoms with Crippen LogP contribution in [0.5, 0.6) is 5.75 Å². The van der Waals surface area contributed by atoms with Gasteiger partial charge in [0.2, 0.25) is 5.75 Å². The average molecular weight is 264 g/mol. The van der Waals surface area contributed by atoms with Gasteiger partial charge in [-0.15, -0.1) is 0 Å². The molecule has 0 radical (unpaired) electrons. The van der Waals surface area contributed by atoms with Crippen molar-refractivity contribution in [2.45, 2.75) is 39.0 Å². The normalized spacial score (nSPS) is 23.1. The smallest absolute Gasteiger partial charge is 0.203 e. The molecule has 2 rings (SSSR count). The number of hydrogen-bond acceptors (Lipinski definition) is 5. The summed E-state index contributed by atoms with van der Waals surface area (Å²) in [5.74, 6) is 3.29. The van der Waals surface area contributed by atoms with Crippen LogP contribution in [0.1, 0.15) is 39.0 Å². The van der Waals surface area contributed by atoms with E-state index in [2.05, 4.69) is 22.2 Å². The molecule has 0 saturated heterocycles. The Kier molecular flexibility index (Phi) is 4.82. The Balaban J connectivity index is 1.88. The number of nitrogens with zero attached hydrogens (tertiary/aromatic N) is 2. The first-order valence-electron chi connectivity index (χ1n) is 7.12. The summed E-state index contributed by atoms with van der Waals surface area (Å²) in [5.41, 5.74) is 5.76. The van der Waals surface area contributed by atoms with Gasteiger partial charge in [0.1, 0.15) is 6.33 Å². The van der Waals surface area contributed by atoms with E-state index in [1.165, 1.54) is 38.4 Å². The number of nitrogen functional groups attached to an aromatic ring is 1. The van der Waals surface area contributed by atoms with Gasteiger partial charge in [-0.1, -0.05) is 26.2 Å². The van der Waals surface area contributed by atoms with E-state index in [-0.39, 0.29) is 0 Å². The van der Waals surface area contributed by atoms with Crippen molar-refractivity contribution in [2.24, 2.45) is 11.8 Å². The largest absolute Gasteiger partial charge is 0.490 e. The van der Waals surface area contributed by atoms with Crippen LogP contribution >= 0.6 is 0 Å². The van der Waals surface area contributed by atoms with Gasteiger partial charge in [0.05, 0.1) is 7.11 Å². The Morgan fingerprint density at radius 2 is 1.95 bits per heavy atom. The van der Waals surface area contributed by atoms with E-state index < -0.39 is 0 Å². The molecule has 0 unspecified atom stereocenters. The van der Waals surface area contributed by atoms with E-state index in [0.717, 1.165) is 18.4 Å². The Morgan fingerprint density at radius 1 is 1.26 bits per heavy atom. The van der Waals surface area contributed by atoms with E-state index in [4.69, 9.17) is 10.5 Å². The Labute approximate surface area is 115 Å². The van der Waals surface area contributed by atoms with Crippen molar-refractivity contribution in [1.82, 2.24) is 9.97 Å². The summed E-state index contributed by atoms with van der Waals surface area (Å²) < 4.78 is 5.24. The van der Waals surface area contributed by atoms with E-state index >= 15 is 0 Å². The number of methoxy groups -OCH3 is 1. The molecule has 1 aliphatic carbocycles. The van der Waals surface area contributed by atoms with Crippen LogP contribution in [0.2, 0.25) is 0 Å². The maximum atomic E-state index is 5.76. The van der Waals surface area contributed by atoms with E-state index in [1.807, 2.05) is 0 Å². The van der Waals surface area contributed by atoms with E-state index in [9.17, 15) is 0 Å². The molecule has 0 spiro atoms. The molecule has 106 valence electrons. The predicted octanol–water partition coefficient (Wildman–Crippen LogP) is 2.70. The highest BCUT2D eigenvalue weighted by Gasteiger charge is 2.20. The molecule has 1 fully saturated rings. The number of ether oxygens (including phenoxy) is 1. The van der Waals surface area contributed by atoms with Crippen molar-refractivity contribution in [3.05, 3.63) is 6.33 Å². The third kappa shape index (κ3) is 3.49. The lowest BCUT2D eigenvalue weighted by Crippen LogP contribution is -2.21. The van der Waals surface area contributed by atoms with Crippen molar-refractivity contribution in [3.63, 3.8) is 0 Å². The number of nitrogens with one attached hydrogen (secondary N) is 1. The average Bonchev–Trinajstić information content (AvgIpc) is 2.45. The van der Waals surface area contributed by atoms with E-state index in [0.29, 0.717) is 17.4 Å². The van der Waals surface area contributed by atoms with Crippen LogP contribution in [0.3, 0.4) is 0 Å². The minimum absolute atomic E-state index is 0.384. The fraction of sp³-hybridized carbons (Fsp3) is 0.714. The minimum atomic E-state index is 0.384. The number of rotatable bonds is 5. The van der Waals surface area contributed by atoms with Gasteiger partial charge in [0.15, 0.2) is 11.6 Å². The molecule has 3 N–H and O–H groups in total. The molecule has 0 aliphatic heterocycles. The SMILES string of the molecule is CCC1CCC(CNc2ncnc(N)c2OC)CC1. The molecule has 0 aromatic carbocycles. The first-order valence-corrected chi connectivity index (χ1v) is 7.12. The second-order valence-corrected chi connectivity index (χ2v) is 5.32. The second kappa shape index (κ2) is 6.59. The molecule has 5 nitrogen and oxygen atoms in total. The highest BCUT2D eigenvalue weighted by Crippen LogP contribution is 2.32. The first kappa shape index (κ1) is 13.9. The molecular formula is C14H24N4O. The van der Waals surface area contributed by atoms with Crippen LogP contribution in [0.25, 0.3) is 0 Å². The van der Waals surface area contributed by atoms with Gasteiger partial charge in [0.25, 0.3) is 0 Å². The Morgan fingerprint density at radius 3 is 2.58 bits per heavy atom. The molecule has 1 aromatic rings. The number of nitrogens with two attached hydrogens (primary N) is 1. The molecule has 0 amide bonds. The second-order valence-electron chi connectivity index (χ2n) is 5.32. The third-order valence-corrected chi connectivity index (χ3v) is 4.14. The molecule has 0 atom stereocenters. The molecular weight excluding hydrogens is 240 g/mol. The van der Waals surface area contributed by atoms with Crippen LogP contribution < -0.4 is 15.8 Å². The molecule has 1 heterocycles. The van der Waals surface area contributed by atoms with Gasteiger partial charge in [-0.2, -0.15) is 0 Å². The number of anilines is 2. The summed E-state index contributed by atoms with van der Waals surface area (Å²) in [4.78, 5) is 8.13. The van der Waals surface area contributed by atoms with Crippen molar-refractivity contribution in [2.75, 3.05) is 24.7 Å². The molecule has 5 heteroatoms. The number of aromatic nitrogens is 2. The van der Waals surface area contributed by atoms with Crippen molar-refractivity contribution in [3.8, 4) is 5.75 Å². The zero-order valence-corrected chi connectivity index (χ0v) is 11.9. The molecule has 1 saturated carbocycles. The summed E-state index contributed by atoms with van der Waals surface area (Å²) in [6.07, 6.45) is 8.09. The molecule has 19 heavy (non-hydrogen) atoms. The highest BCUT2D eigenvalue weighted by molar-refractivity contribution is 5.61. The van der Waals surface area contributed by atoms with Crippen LogP contribution in [0, 0.1) is 11.8 Å². The zero-order chi connectivity index (χ0) is 13.7. The van der Waals surface area contributed by atoms with Gasteiger partial charge in [0, 0.05) is 6.54 Å². The van der Waals surface area contributed by atoms with Crippen molar-refractivity contribution in [1.29, 1.82) is 0 Å². The summed E-state index contributed by atoms with van der Waals surface area (Å²) in [6, 6.07) is 0. The maximum absolute atomic E-state index is 5.76. The van der Waals surface area contributed by atoms with Crippen LogP contribution in [0.15, 0.2) is 6.33 Å². The molecule has 1 aromatic heterocycles. The fourth-order valence-corrected chi connectivity index (χ4v) is 2.80. The number of hydrogen-bond donors (Lipinski definition) is 2. The van der Waals surface area contributed by atoms with Gasteiger partial charge < -0.3 is 15.8 Å². The topological polar surface area (TPSA) is 73.1 Å². The maximum Gasteiger partial charge on any atom is 0.203 e. The van der Waals surface area contributed by atoms with Crippen LogP contribution in [0.4, 0.5) is 11.6 Å².